The van der Waals surface area contributed by atoms with Crippen LogP contribution in [-0.2, 0) is 4.74 Å². The van der Waals surface area contributed by atoms with Gasteiger partial charge in [-0.2, -0.15) is 4.37 Å². The van der Waals surface area contributed by atoms with Gasteiger partial charge in [0.1, 0.15) is 5.00 Å². The molecule has 0 aliphatic rings. The second-order valence-electron chi connectivity index (χ2n) is 4.35. The number of aromatic nitrogens is 1. The van der Waals surface area contributed by atoms with Crippen molar-refractivity contribution < 1.29 is 9.53 Å². The summed E-state index contributed by atoms with van der Waals surface area (Å²) in [6.45, 7) is 8.03. The Morgan fingerprint density at radius 2 is 2.19 bits per heavy atom. The highest BCUT2D eigenvalue weighted by Gasteiger charge is 2.19. The first-order valence-electron chi connectivity index (χ1n) is 5.13. The molecular weight excluding hydrogens is 224 g/mol. The summed E-state index contributed by atoms with van der Waals surface area (Å²) in [4.78, 5) is 11.4. The van der Waals surface area contributed by atoms with Crippen LogP contribution >= 0.6 is 11.5 Å². The van der Waals surface area contributed by atoms with Crippen LogP contribution < -0.4 is 5.32 Å². The summed E-state index contributed by atoms with van der Waals surface area (Å²) >= 11 is 1.32. The number of hydrogen-bond acceptors (Lipinski definition) is 5. The third-order valence-corrected chi connectivity index (χ3v) is 3.34. The summed E-state index contributed by atoms with van der Waals surface area (Å²) in [6.07, 6.45) is 0. The highest BCUT2D eigenvalue weighted by molar-refractivity contribution is 7.10. The van der Waals surface area contributed by atoms with E-state index in [9.17, 15) is 4.79 Å². The molecular formula is C11H18N2O2S. The van der Waals surface area contributed by atoms with Crippen molar-refractivity contribution in [2.45, 2.75) is 33.3 Å². The zero-order chi connectivity index (χ0) is 12.3. The molecule has 0 bridgehead atoms. The van der Waals surface area contributed by atoms with Crippen LogP contribution in [0.1, 0.15) is 36.8 Å². The Morgan fingerprint density at radius 3 is 2.69 bits per heavy atom. The zero-order valence-electron chi connectivity index (χ0n) is 10.4. The standard InChI is InChI=1S/C11H18N2O2S/c1-7-9(8(2)14)10(16-13-7)12-6-11(3,4)15-5/h12H,6H2,1-5H3. The van der Waals surface area contributed by atoms with Crippen LogP contribution in [-0.4, -0.2) is 29.4 Å². The van der Waals surface area contributed by atoms with E-state index < -0.39 is 0 Å². The fraction of sp³-hybridized carbons (Fsp3) is 0.636. The van der Waals surface area contributed by atoms with Gasteiger partial charge in [0.15, 0.2) is 5.78 Å². The summed E-state index contributed by atoms with van der Waals surface area (Å²) in [5.41, 5.74) is 1.22. The monoisotopic (exact) mass is 242 g/mol. The van der Waals surface area contributed by atoms with E-state index in [2.05, 4.69) is 9.69 Å². The first kappa shape index (κ1) is 13.1. The van der Waals surface area contributed by atoms with Crippen LogP contribution in [0.4, 0.5) is 5.00 Å². The Balaban J connectivity index is 2.79. The quantitative estimate of drug-likeness (QED) is 0.806. The molecule has 0 radical (unpaired) electrons. The van der Waals surface area contributed by atoms with Crippen molar-refractivity contribution in [1.29, 1.82) is 0 Å². The lowest BCUT2D eigenvalue weighted by atomic mass is 10.1. The number of methoxy groups -OCH3 is 1. The van der Waals surface area contributed by atoms with Crippen molar-refractivity contribution in [2.75, 3.05) is 19.0 Å². The van der Waals surface area contributed by atoms with Gasteiger partial charge in [-0.05, 0) is 39.2 Å². The Bertz CT molecular complexity index is 385. The van der Waals surface area contributed by atoms with Gasteiger partial charge in [0, 0.05) is 13.7 Å². The molecule has 0 saturated heterocycles. The molecule has 1 aromatic heterocycles. The SMILES string of the molecule is COC(C)(C)CNc1snc(C)c1C(C)=O. The van der Waals surface area contributed by atoms with Gasteiger partial charge >= 0.3 is 0 Å². The molecule has 16 heavy (non-hydrogen) atoms. The van der Waals surface area contributed by atoms with Gasteiger partial charge in [-0.25, -0.2) is 0 Å². The Hall–Kier alpha value is -0.940. The van der Waals surface area contributed by atoms with Gasteiger partial charge in [0.05, 0.1) is 16.9 Å². The second-order valence-corrected chi connectivity index (χ2v) is 5.12. The number of nitrogens with zero attached hydrogens (tertiary/aromatic N) is 1. The number of carbonyl (C=O) groups is 1. The number of aryl methyl sites for hydroxylation is 1. The summed E-state index contributed by atoms with van der Waals surface area (Å²) < 4.78 is 9.49. The number of ether oxygens (including phenoxy) is 1. The van der Waals surface area contributed by atoms with Crippen LogP contribution in [0.3, 0.4) is 0 Å². The van der Waals surface area contributed by atoms with E-state index in [1.54, 1.807) is 14.0 Å². The minimum absolute atomic E-state index is 0.0453. The number of nitrogens with one attached hydrogen (secondary N) is 1. The van der Waals surface area contributed by atoms with Gasteiger partial charge in [0.25, 0.3) is 0 Å². The Kier molecular flexibility index (Phi) is 4.04. The molecule has 0 spiro atoms. The van der Waals surface area contributed by atoms with Gasteiger partial charge in [-0.3, -0.25) is 4.79 Å². The van der Waals surface area contributed by atoms with Crippen molar-refractivity contribution in [3.8, 4) is 0 Å². The second kappa shape index (κ2) is 4.93. The minimum atomic E-state index is -0.258. The third-order valence-electron chi connectivity index (χ3n) is 2.44. The highest BCUT2D eigenvalue weighted by atomic mass is 32.1. The van der Waals surface area contributed by atoms with Crippen molar-refractivity contribution in [3.63, 3.8) is 0 Å². The predicted octanol–water partition coefficient (Wildman–Crippen LogP) is 2.49. The molecule has 1 heterocycles. The molecule has 1 rings (SSSR count). The molecule has 0 saturated carbocycles. The number of ketones is 1. The molecule has 1 N–H and O–H groups in total. The van der Waals surface area contributed by atoms with Crippen LogP contribution in [0.25, 0.3) is 0 Å². The van der Waals surface area contributed by atoms with Crippen LogP contribution in [0.2, 0.25) is 0 Å². The molecule has 0 unspecified atom stereocenters. The summed E-state index contributed by atoms with van der Waals surface area (Å²) in [7, 11) is 1.67. The Labute approximate surface area is 100 Å². The van der Waals surface area contributed by atoms with Crippen LogP contribution in [0, 0.1) is 6.92 Å². The lowest BCUT2D eigenvalue weighted by molar-refractivity contribution is 0.0344. The average Bonchev–Trinajstić information content (AvgIpc) is 2.57. The van der Waals surface area contributed by atoms with Gasteiger partial charge in [-0.1, -0.05) is 0 Å². The number of anilines is 1. The van der Waals surface area contributed by atoms with Gasteiger partial charge in [-0.15, -0.1) is 0 Å². The number of Topliss-reactive ketones (excluding diaryl/α,β-unsaturated/α-hetero) is 1. The van der Waals surface area contributed by atoms with Crippen LogP contribution in [0.5, 0.6) is 0 Å². The molecule has 4 nitrogen and oxygen atoms in total. The molecule has 0 aliphatic carbocycles. The van der Waals surface area contributed by atoms with E-state index in [0.29, 0.717) is 12.1 Å². The largest absolute Gasteiger partial charge is 0.377 e. The minimum Gasteiger partial charge on any atom is -0.377 e. The Morgan fingerprint density at radius 1 is 1.56 bits per heavy atom. The van der Waals surface area contributed by atoms with E-state index in [4.69, 9.17) is 4.74 Å². The topological polar surface area (TPSA) is 51.2 Å². The summed E-state index contributed by atoms with van der Waals surface area (Å²) in [5, 5.41) is 4.05. The normalized spacial score (nSPS) is 11.6. The highest BCUT2D eigenvalue weighted by Crippen LogP contribution is 2.25. The van der Waals surface area contributed by atoms with Crippen LogP contribution in [0.15, 0.2) is 0 Å². The molecule has 1 aromatic rings. The summed E-state index contributed by atoms with van der Waals surface area (Å²) in [6, 6.07) is 0. The van der Waals surface area contributed by atoms with E-state index in [1.807, 2.05) is 20.8 Å². The van der Waals surface area contributed by atoms with Gasteiger partial charge in [0.2, 0.25) is 0 Å². The molecule has 90 valence electrons. The first-order valence-corrected chi connectivity index (χ1v) is 5.91. The smallest absolute Gasteiger partial charge is 0.164 e. The molecule has 0 fully saturated rings. The van der Waals surface area contributed by atoms with Crippen molar-refractivity contribution >= 4 is 22.3 Å². The third kappa shape index (κ3) is 3.02. The van der Waals surface area contributed by atoms with Crippen molar-refractivity contribution in [1.82, 2.24) is 4.37 Å². The molecule has 0 aromatic carbocycles. The lowest BCUT2D eigenvalue weighted by Gasteiger charge is -2.23. The van der Waals surface area contributed by atoms with E-state index >= 15 is 0 Å². The van der Waals surface area contributed by atoms with E-state index in [1.165, 1.54) is 11.5 Å². The van der Waals surface area contributed by atoms with Crippen molar-refractivity contribution in [3.05, 3.63) is 11.3 Å². The summed E-state index contributed by atoms with van der Waals surface area (Å²) in [5.74, 6) is 0.0453. The number of hydrogen-bond donors (Lipinski definition) is 1. The van der Waals surface area contributed by atoms with E-state index in [0.717, 1.165) is 10.7 Å². The molecule has 0 amide bonds. The average molecular weight is 242 g/mol. The lowest BCUT2D eigenvalue weighted by Crippen LogP contribution is -2.32. The number of carbonyl (C=O) groups excluding carboxylic acids is 1. The molecule has 0 atom stereocenters. The fourth-order valence-electron chi connectivity index (χ4n) is 1.27. The molecule has 5 heteroatoms. The first-order chi connectivity index (χ1) is 7.37. The maximum Gasteiger partial charge on any atom is 0.164 e. The number of rotatable bonds is 5. The van der Waals surface area contributed by atoms with Gasteiger partial charge < -0.3 is 10.1 Å². The predicted molar refractivity (Wildman–Crippen MR) is 66.4 cm³/mol. The van der Waals surface area contributed by atoms with E-state index in [-0.39, 0.29) is 11.4 Å². The molecule has 0 aliphatic heterocycles. The fourth-order valence-corrected chi connectivity index (χ4v) is 2.11. The maximum absolute atomic E-state index is 11.4. The van der Waals surface area contributed by atoms with Crippen molar-refractivity contribution in [2.24, 2.45) is 0 Å². The zero-order valence-corrected chi connectivity index (χ0v) is 11.2. The maximum atomic E-state index is 11.4.